The average Bonchev–Trinajstić information content (AvgIpc) is 3.22. The van der Waals surface area contributed by atoms with Crippen molar-refractivity contribution in [3.63, 3.8) is 0 Å². The van der Waals surface area contributed by atoms with Crippen LogP contribution in [-0.4, -0.2) is 74.1 Å². The molecule has 2 aromatic rings. The lowest BCUT2D eigenvalue weighted by molar-refractivity contribution is -0.195. The molecular weight excluding hydrogens is 373 g/mol. The van der Waals surface area contributed by atoms with Crippen LogP contribution in [0.2, 0.25) is 0 Å². The molecule has 0 aliphatic carbocycles. The van der Waals surface area contributed by atoms with E-state index in [4.69, 9.17) is 12.3 Å². The largest absolute Gasteiger partial charge is 0.476 e. The number of aliphatic hydroxyl groups excluding tert-OH is 2. The SMILES string of the molecule is [3H]CCNc1nc(OCC)c2ncn([C@@H]3O[C@](F)(CO)[C@@H](CCO[3H])[C@@]3(C)O)c2n1. The van der Waals surface area contributed by atoms with Gasteiger partial charge in [0.15, 0.2) is 17.4 Å². The zero-order valence-electron chi connectivity index (χ0n) is 17.8. The first-order chi connectivity index (χ1) is 14.3. The summed E-state index contributed by atoms with van der Waals surface area (Å²) in [6, 6.07) is 0. The number of aromatic nitrogens is 4. The smallest absolute Gasteiger partial charge is 0.247 e. The minimum atomic E-state index is -2.55. The molecule has 10 nitrogen and oxygen atoms in total. The van der Waals surface area contributed by atoms with Crippen LogP contribution in [0.15, 0.2) is 6.33 Å². The van der Waals surface area contributed by atoms with Crippen LogP contribution in [0, 0.1) is 5.92 Å². The van der Waals surface area contributed by atoms with Crippen molar-refractivity contribution in [2.45, 2.75) is 44.9 Å². The highest BCUT2D eigenvalue weighted by molar-refractivity contribution is 5.78. The van der Waals surface area contributed by atoms with Gasteiger partial charge in [0.1, 0.15) is 12.2 Å². The second-order valence-corrected chi connectivity index (χ2v) is 6.72. The van der Waals surface area contributed by atoms with E-state index in [1.807, 2.05) is 0 Å². The number of alkyl halides is 1. The fourth-order valence-corrected chi connectivity index (χ4v) is 3.60. The Bertz CT molecular complexity index is 872. The summed E-state index contributed by atoms with van der Waals surface area (Å²) in [6.07, 6.45) is 0.00609. The first-order valence-corrected chi connectivity index (χ1v) is 9.00. The van der Waals surface area contributed by atoms with Gasteiger partial charge in [-0.25, -0.2) is 9.37 Å². The molecule has 0 bridgehead atoms. The Balaban J connectivity index is 2.07. The fourth-order valence-electron chi connectivity index (χ4n) is 3.60. The van der Waals surface area contributed by atoms with Crippen molar-refractivity contribution in [1.82, 2.24) is 19.5 Å². The van der Waals surface area contributed by atoms with Crippen molar-refractivity contribution < 1.29 is 30.6 Å². The summed E-state index contributed by atoms with van der Waals surface area (Å²) in [5.41, 5.74) is -1.27. The molecule has 4 N–H and O–H groups in total. The summed E-state index contributed by atoms with van der Waals surface area (Å²) < 4.78 is 41.8. The van der Waals surface area contributed by atoms with Crippen LogP contribution in [-0.2, 0) is 4.74 Å². The van der Waals surface area contributed by atoms with Gasteiger partial charge < -0.3 is 30.1 Å². The number of anilines is 1. The van der Waals surface area contributed by atoms with Crippen LogP contribution in [0.3, 0.4) is 0 Å². The van der Waals surface area contributed by atoms with Gasteiger partial charge in [-0.3, -0.25) is 4.57 Å². The Morgan fingerprint density at radius 1 is 1.54 bits per heavy atom. The maximum Gasteiger partial charge on any atom is 0.247 e. The Morgan fingerprint density at radius 2 is 2.36 bits per heavy atom. The molecule has 0 radical (unpaired) electrons. The quantitative estimate of drug-likeness (QED) is 0.474. The number of nitrogens with one attached hydrogen (secondary N) is 1. The summed E-state index contributed by atoms with van der Waals surface area (Å²) in [5, 5.41) is 28.0. The van der Waals surface area contributed by atoms with Gasteiger partial charge in [0, 0.05) is 14.5 Å². The topological polar surface area (TPSA) is 135 Å². The number of hydrogen-bond donors (Lipinski definition) is 4. The van der Waals surface area contributed by atoms with Crippen LogP contribution < -0.4 is 10.1 Å². The molecule has 11 heteroatoms. The van der Waals surface area contributed by atoms with Crippen LogP contribution in [0.25, 0.3) is 11.2 Å². The lowest BCUT2D eigenvalue weighted by Crippen LogP contribution is -2.44. The first-order valence-electron chi connectivity index (χ1n) is 10.1. The fraction of sp³-hybridized carbons (Fsp3) is 0.706. The summed E-state index contributed by atoms with van der Waals surface area (Å²) >= 11 is 0. The van der Waals surface area contributed by atoms with Gasteiger partial charge >= 0.3 is 0 Å². The van der Waals surface area contributed by atoms with E-state index >= 15 is 4.39 Å². The molecular formula is C17H26FN5O5. The molecule has 28 heavy (non-hydrogen) atoms. The Morgan fingerprint density at radius 3 is 3.04 bits per heavy atom. The molecule has 4 atom stereocenters. The van der Waals surface area contributed by atoms with Crippen LogP contribution in [0.1, 0.15) is 34.8 Å². The van der Waals surface area contributed by atoms with Crippen molar-refractivity contribution in [2.75, 3.05) is 31.7 Å². The summed E-state index contributed by atoms with van der Waals surface area (Å²) in [4.78, 5) is 12.9. The zero-order chi connectivity index (χ0) is 21.9. The standard InChI is InChI=1S/C17H26FN5O5/c1-4-19-15-21-12-11(13(22-15)27-5-2)20-9-23(12)14-16(3,26)10(6-7-24)17(18,8-25)28-14/h9-10,14,24-26H,4-8H2,1-3H3,(H,19,21,22)/t10-,14+,16+,17+/m0/s1/i1T,24T. The van der Waals surface area contributed by atoms with Crippen molar-refractivity contribution in [3.05, 3.63) is 6.33 Å². The molecule has 0 unspecified atom stereocenters. The molecule has 3 heterocycles. The highest BCUT2D eigenvalue weighted by Crippen LogP contribution is 2.51. The third-order valence-corrected chi connectivity index (χ3v) is 4.86. The van der Waals surface area contributed by atoms with Gasteiger partial charge in [-0.05, 0) is 27.2 Å². The Labute approximate surface area is 164 Å². The monoisotopic (exact) mass is 403 g/mol. The second-order valence-electron chi connectivity index (χ2n) is 6.72. The molecule has 1 aliphatic heterocycles. The van der Waals surface area contributed by atoms with Crippen LogP contribution >= 0.6 is 0 Å². The molecule has 0 saturated carbocycles. The minimum absolute atomic E-state index is 0.0494. The minimum Gasteiger partial charge on any atom is -0.476 e. The van der Waals surface area contributed by atoms with Gasteiger partial charge in [0.25, 0.3) is 0 Å². The van der Waals surface area contributed by atoms with Gasteiger partial charge in [-0.15, -0.1) is 0 Å². The molecule has 0 aromatic carbocycles. The number of hydrogen-bond acceptors (Lipinski definition) is 9. The molecule has 0 spiro atoms. The van der Waals surface area contributed by atoms with Gasteiger partial charge in [0.05, 0.1) is 18.9 Å². The van der Waals surface area contributed by atoms with Gasteiger partial charge in [0.2, 0.25) is 19.1 Å². The van der Waals surface area contributed by atoms with Crippen LogP contribution in [0.5, 0.6) is 5.88 Å². The summed E-state index contributed by atoms with van der Waals surface area (Å²) in [5.74, 6) is -3.34. The van der Waals surface area contributed by atoms with E-state index in [1.54, 1.807) is 6.92 Å². The summed E-state index contributed by atoms with van der Waals surface area (Å²) in [6.45, 7) is 2.77. The first kappa shape index (κ1) is 18.0. The van der Waals surface area contributed by atoms with E-state index in [9.17, 15) is 10.2 Å². The molecule has 0 amide bonds. The van der Waals surface area contributed by atoms with Crippen molar-refractivity contribution in [2.24, 2.45) is 5.92 Å². The highest BCUT2D eigenvalue weighted by atomic mass is 19.2. The van der Waals surface area contributed by atoms with E-state index in [-0.39, 0.29) is 37.4 Å². The van der Waals surface area contributed by atoms with E-state index in [1.165, 1.54) is 17.8 Å². The van der Waals surface area contributed by atoms with E-state index in [0.29, 0.717) is 18.7 Å². The van der Waals surface area contributed by atoms with Crippen molar-refractivity contribution >= 4 is 17.1 Å². The maximum atomic E-state index is 15.3. The Kier molecular flexibility index (Phi) is 4.97. The second kappa shape index (κ2) is 7.74. The maximum absolute atomic E-state index is 15.3. The zero-order valence-corrected chi connectivity index (χ0v) is 15.8. The van der Waals surface area contributed by atoms with Crippen molar-refractivity contribution in [3.8, 4) is 5.88 Å². The third-order valence-electron chi connectivity index (χ3n) is 4.86. The number of ether oxygens (including phenoxy) is 2. The van der Waals surface area contributed by atoms with Gasteiger partial charge in [-0.1, -0.05) is 0 Å². The molecule has 156 valence electrons. The molecule has 3 rings (SSSR count). The number of nitrogens with zero attached hydrogens (tertiary/aromatic N) is 4. The van der Waals surface area contributed by atoms with Crippen molar-refractivity contribution in [1.29, 1.82) is 1.43 Å². The highest BCUT2D eigenvalue weighted by Gasteiger charge is 2.62. The average molecular weight is 403 g/mol. The molecule has 1 fully saturated rings. The van der Waals surface area contributed by atoms with E-state index in [0.717, 1.165) is 0 Å². The number of imidazole rings is 1. The number of fused-ring (bicyclic) bond motifs is 1. The normalized spacial score (nSPS) is 31.0. The molecule has 2 aromatic heterocycles. The Hall–Kier alpha value is -2.08. The molecule has 1 aliphatic rings. The third kappa shape index (κ3) is 3.28. The summed E-state index contributed by atoms with van der Waals surface area (Å²) in [7, 11) is 0. The number of rotatable bonds is 9. The van der Waals surface area contributed by atoms with E-state index in [2.05, 4.69) is 25.4 Å². The lowest BCUT2D eigenvalue weighted by Gasteiger charge is -2.30. The number of halogens is 1. The molecule has 1 saturated heterocycles. The van der Waals surface area contributed by atoms with E-state index < -0.39 is 30.2 Å². The number of aliphatic hydroxyl groups is 3. The lowest BCUT2D eigenvalue weighted by atomic mass is 9.83. The predicted molar refractivity (Wildman–Crippen MR) is 97.5 cm³/mol. The predicted octanol–water partition coefficient (Wildman–Crippen LogP) is 0.593. The van der Waals surface area contributed by atoms with Crippen LogP contribution in [0.4, 0.5) is 10.3 Å². The van der Waals surface area contributed by atoms with Gasteiger partial charge in [-0.2, -0.15) is 9.97 Å².